The molecular weight excluding hydrogens is 566 g/mol. The summed E-state index contributed by atoms with van der Waals surface area (Å²) in [5.74, 6) is 0. The molecule has 0 spiro atoms. The standard InChI is InChI=1S/C25H25Br2N3O2S/c1-15-9-12-23(27)28-20(15)14-21(30-33(31)25(2,3)4)17-7-5-6-8-18(17)24-19-11-10-16(26)13-22(19)32-29-24/h5-13,21,30H,14H2,1-4H3/t21-,33?/m0/s1. The number of fused-ring (bicyclic) bond motifs is 1. The van der Waals surface area contributed by atoms with E-state index in [1.807, 2.05) is 76.2 Å². The lowest BCUT2D eigenvalue weighted by Crippen LogP contribution is -2.42. The van der Waals surface area contributed by atoms with Gasteiger partial charge < -0.3 is 9.08 Å². The van der Waals surface area contributed by atoms with E-state index in [0.29, 0.717) is 12.0 Å². The van der Waals surface area contributed by atoms with Gasteiger partial charge in [0.2, 0.25) is 0 Å². The van der Waals surface area contributed by atoms with Crippen molar-refractivity contribution in [3.63, 3.8) is 0 Å². The maximum Gasteiger partial charge on any atom is 0.168 e. The molecule has 2 heterocycles. The monoisotopic (exact) mass is 589 g/mol. The van der Waals surface area contributed by atoms with Gasteiger partial charge in [-0.15, -0.1) is 4.72 Å². The molecule has 0 saturated carbocycles. The Bertz CT molecular complexity index is 1290. The summed E-state index contributed by atoms with van der Waals surface area (Å²) in [6, 6.07) is 17.7. The largest absolute Gasteiger partial charge is 0.598 e. The second-order valence-electron chi connectivity index (χ2n) is 8.91. The topological polar surface area (TPSA) is 74.0 Å². The molecule has 8 heteroatoms. The first-order chi connectivity index (χ1) is 15.6. The Morgan fingerprint density at radius 3 is 2.61 bits per heavy atom. The summed E-state index contributed by atoms with van der Waals surface area (Å²) in [5, 5.41) is 5.32. The molecule has 0 bridgehead atoms. The van der Waals surface area contributed by atoms with E-state index >= 15 is 0 Å². The Labute approximate surface area is 213 Å². The van der Waals surface area contributed by atoms with Gasteiger partial charge in [-0.3, -0.25) is 0 Å². The normalized spacial score (nSPS) is 13.9. The predicted molar refractivity (Wildman–Crippen MR) is 141 cm³/mol. The van der Waals surface area contributed by atoms with Crippen LogP contribution in [0.3, 0.4) is 0 Å². The van der Waals surface area contributed by atoms with Crippen molar-refractivity contribution in [3.8, 4) is 11.3 Å². The minimum atomic E-state index is -1.28. The highest BCUT2D eigenvalue weighted by Crippen LogP contribution is 2.36. The van der Waals surface area contributed by atoms with Crippen molar-refractivity contribution in [1.29, 1.82) is 0 Å². The fraction of sp³-hybridized carbons (Fsp3) is 0.280. The lowest BCUT2D eigenvalue weighted by molar-refractivity contribution is 0.459. The SMILES string of the molecule is Cc1ccc(Br)nc1C[C@H](N[S+]([O-])C(C)(C)C)c1ccccc1-c1noc2cc(Br)ccc12. The van der Waals surface area contributed by atoms with E-state index in [-0.39, 0.29) is 6.04 Å². The molecule has 33 heavy (non-hydrogen) atoms. The Balaban J connectivity index is 1.82. The van der Waals surface area contributed by atoms with Crippen LogP contribution in [0.2, 0.25) is 0 Å². The van der Waals surface area contributed by atoms with Crippen molar-refractivity contribution in [2.75, 3.05) is 0 Å². The van der Waals surface area contributed by atoms with Crippen molar-refractivity contribution in [3.05, 3.63) is 80.5 Å². The number of aryl methyl sites for hydroxylation is 1. The van der Waals surface area contributed by atoms with Crippen LogP contribution in [0.25, 0.3) is 22.2 Å². The van der Waals surface area contributed by atoms with Gasteiger partial charge in [0.15, 0.2) is 5.58 Å². The number of pyridine rings is 1. The zero-order valence-electron chi connectivity index (χ0n) is 18.9. The summed E-state index contributed by atoms with van der Waals surface area (Å²) in [7, 11) is 0. The maximum absolute atomic E-state index is 13.2. The third-order valence-electron chi connectivity index (χ3n) is 5.40. The van der Waals surface area contributed by atoms with Crippen LogP contribution in [-0.2, 0) is 17.8 Å². The quantitative estimate of drug-likeness (QED) is 0.192. The first kappa shape index (κ1) is 24.4. The van der Waals surface area contributed by atoms with Gasteiger partial charge in [0.25, 0.3) is 0 Å². The third-order valence-corrected chi connectivity index (χ3v) is 7.94. The van der Waals surface area contributed by atoms with E-state index in [1.165, 1.54) is 0 Å². The highest BCUT2D eigenvalue weighted by molar-refractivity contribution is 9.10. The number of benzene rings is 2. The van der Waals surface area contributed by atoms with Gasteiger partial charge >= 0.3 is 0 Å². The fourth-order valence-electron chi connectivity index (χ4n) is 3.59. The zero-order chi connectivity index (χ0) is 23.8. The number of aromatic nitrogens is 2. The van der Waals surface area contributed by atoms with Gasteiger partial charge in [-0.1, -0.05) is 51.4 Å². The minimum absolute atomic E-state index is 0.246. The molecule has 0 aliphatic heterocycles. The number of rotatable bonds is 6. The van der Waals surface area contributed by atoms with Crippen LogP contribution in [-0.4, -0.2) is 19.4 Å². The Hall–Kier alpha value is -1.71. The smallest absolute Gasteiger partial charge is 0.168 e. The Morgan fingerprint density at radius 2 is 1.85 bits per heavy atom. The number of nitrogens with zero attached hydrogens (tertiary/aromatic N) is 2. The molecule has 4 rings (SSSR count). The van der Waals surface area contributed by atoms with E-state index in [4.69, 9.17) is 9.51 Å². The number of nitrogens with one attached hydrogen (secondary N) is 1. The first-order valence-corrected chi connectivity index (χ1v) is 13.3. The van der Waals surface area contributed by atoms with E-state index in [2.05, 4.69) is 47.8 Å². The summed E-state index contributed by atoms with van der Waals surface area (Å²) >= 11 is 5.70. The molecule has 2 aromatic heterocycles. The molecule has 4 aromatic rings. The molecule has 1 unspecified atom stereocenters. The summed E-state index contributed by atoms with van der Waals surface area (Å²) < 4.78 is 23.5. The predicted octanol–water partition coefficient (Wildman–Crippen LogP) is 7.06. The van der Waals surface area contributed by atoms with Crippen LogP contribution >= 0.6 is 31.9 Å². The van der Waals surface area contributed by atoms with Gasteiger partial charge in [0.1, 0.15) is 15.0 Å². The first-order valence-electron chi connectivity index (χ1n) is 10.6. The van der Waals surface area contributed by atoms with Crippen LogP contribution in [0.4, 0.5) is 0 Å². The van der Waals surface area contributed by atoms with Gasteiger partial charge in [-0.2, -0.15) is 0 Å². The highest BCUT2D eigenvalue weighted by atomic mass is 79.9. The maximum atomic E-state index is 13.2. The minimum Gasteiger partial charge on any atom is -0.598 e. The van der Waals surface area contributed by atoms with Gasteiger partial charge in [0.05, 0.1) is 6.04 Å². The van der Waals surface area contributed by atoms with Gasteiger partial charge in [-0.25, -0.2) is 4.98 Å². The van der Waals surface area contributed by atoms with Gasteiger partial charge in [-0.05, 0) is 79.0 Å². The lowest BCUT2D eigenvalue weighted by atomic mass is 9.93. The molecule has 0 saturated heterocycles. The molecule has 2 atom stereocenters. The van der Waals surface area contributed by atoms with Crippen molar-refractivity contribution in [1.82, 2.24) is 14.9 Å². The number of halogens is 2. The molecule has 1 N–H and O–H groups in total. The number of hydrogen-bond donors (Lipinski definition) is 1. The van der Waals surface area contributed by atoms with E-state index in [9.17, 15) is 4.55 Å². The average Bonchev–Trinajstić information content (AvgIpc) is 3.18. The lowest BCUT2D eigenvalue weighted by Gasteiger charge is -2.29. The van der Waals surface area contributed by atoms with Crippen molar-refractivity contribution >= 4 is 54.2 Å². The summed E-state index contributed by atoms with van der Waals surface area (Å²) in [6.07, 6.45) is 0.575. The fourth-order valence-corrected chi connectivity index (χ4v) is 5.10. The van der Waals surface area contributed by atoms with Crippen molar-refractivity contribution in [2.45, 2.75) is 44.9 Å². The average molecular weight is 591 g/mol. The van der Waals surface area contributed by atoms with Crippen molar-refractivity contribution < 1.29 is 9.08 Å². The molecule has 2 aromatic carbocycles. The summed E-state index contributed by atoms with van der Waals surface area (Å²) in [4.78, 5) is 4.70. The number of hydrogen-bond acceptors (Lipinski definition) is 5. The molecule has 0 aliphatic rings. The molecular formula is C25H25Br2N3O2S. The van der Waals surface area contributed by atoms with E-state index in [0.717, 1.165) is 42.5 Å². The molecule has 0 aliphatic carbocycles. The Morgan fingerprint density at radius 1 is 1.09 bits per heavy atom. The van der Waals surface area contributed by atoms with Gasteiger partial charge in [0, 0.05) is 38.9 Å². The summed E-state index contributed by atoms with van der Waals surface area (Å²) in [6.45, 7) is 7.93. The van der Waals surface area contributed by atoms with Crippen LogP contribution < -0.4 is 4.72 Å². The van der Waals surface area contributed by atoms with Crippen molar-refractivity contribution in [2.24, 2.45) is 0 Å². The van der Waals surface area contributed by atoms with E-state index in [1.54, 1.807) is 0 Å². The molecule has 172 valence electrons. The zero-order valence-corrected chi connectivity index (χ0v) is 22.8. The molecule has 0 amide bonds. The Kier molecular flexibility index (Phi) is 7.31. The van der Waals surface area contributed by atoms with Crippen LogP contribution in [0.1, 0.15) is 43.6 Å². The molecule has 0 radical (unpaired) electrons. The van der Waals surface area contributed by atoms with Crippen LogP contribution in [0.15, 0.2) is 68.2 Å². The third kappa shape index (κ3) is 5.52. The highest BCUT2D eigenvalue weighted by Gasteiger charge is 2.32. The van der Waals surface area contributed by atoms with Crippen LogP contribution in [0.5, 0.6) is 0 Å². The molecule has 5 nitrogen and oxygen atoms in total. The van der Waals surface area contributed by atoms with Crippen LogP contribution in [0, 0.1) is 6.92 Å². The second-order valence-corrected chi connectivity index (χ2v) is 12.6. The second kappa shape index (κ2) is 9.88. The summed E-state index contributed by atoms with van der Waals surface area (Å²) in [5.41, 5.74) is 5.43. The van der Waals surface area contributed by atoms with E-state index < -0.39 is 16.1 Å². The molecule has 0 fully saturated rings.